The molecular formula is C15H23N3O6. The van der Waals surface area contributed by atoms with E-state index in [9.17, 15) is 24.3 Å². The van der Waals surface area contributed by atoms with Gasteiger partial charge < -0.3 is 25.8 Å². The second-order valence-corrected chi connectivity index (χ2v) is 5.43. The highest BCUT2D eigenvalue weighted by Crippen LogP contribution is 2.18. The number of likely N-dealkylation sites (tertiary alicyclic amines) is 1. The molecule has 3 atom stereocenters. The average molecular weight is 341 g/mol. The largest absolute Gasteiger partial charge is 0.463 e. The van der Waals surface area contributed by atoms with Crippen LogP contribution in [-0.2, 0) is 23.9 Å². The van der Waals surface area contributed by atoms with Crippen molar-refractivity contribution in [3.8, 4) is 0 Å². The molecule has 0 aromatic heterocycles. The van der Waals surface area contributed by atoms with E-state index in [2.05, 4.69) is 5.32 Å². The quantitative estimate of drug-likeness (QED) is 0.378. The summed E-state index contributed by atoms with van der Waals surface area (Å²) in [7, 11) is 0. The van der Waals surface area contributed by atoms with Crippen LogP contribution in [0.25, 0.3) is 0 Å². The Hall–Kier alpha value is -2.42. The molecule has 1 aliphatic heterocycles. The summed E-state index contributed by atoms with van der Waals surface area (Å²) in [5, 5.41) is 12.1. The van der Waals surface area contributed by atoms with E-state index in [-0.39, 0.29) is 31.9 Å². The maximum atomic E-state index is 12.3. The van der Waals surface area contributed by atoms with Crippen molar-refractivity contribution in [3.63, 3.8) is 0 Å². The van der Waals surface area contributed by atoms with Gasteiger partial charge in [0.15, 0.2) is 0 Å². The molecule has 1 saturated heterocycles. The number of amides is 3. The number of nitrogens with two attached hydrogens (primary N) is 1. The molecule has 3 amide bonds. The minimum atomic E-state index is -1.03. The maximum absolute atomic E-state index is 12.3. The Balaban J connectivity index is 2.67. The lowest BCUT2D eigenvalue weighted by molar-refractivity contribution is -0.138. The van der Waals surface area contributed by atoms with Crippen LogP contribution in [0.5, 0.6) is 0 Å². The highest BCUT2D eigenvalue weighted by Gasteiger charge is 2.38. The van der Waals surface area contributed by atoms with E-state index in [0.29, 0.717) is 0 Å². The van der Waals surface area contributed by atoms with Crippen molar-refractivity contribution < 1.29 is 29.0 Å². The molecule has 134 valence electrons. The number of ether oxygens (including phenoxy) is 1. The van der Waals surface area contributed by atoms with Crippen LogP contribution in [-0.4, -0.2) is 65.0 Å². The van der Waals surface area contributed by atoms with Crippen molar-refractivity contribution >= 4 is 23.7 Å². The number of aliphatic hydroxyl groups is 1. The first kappa shape index (κ1) is 19.6. The summed E-state index contributed by atoms with van der Waals surface area (Å²) in [6.45, 7) is 3.25. The molecule has 0 spiro atoms. The minimum absolute atomic E-state index is 0.00916. The van der Waals surface area contributed by atoms with Gasteiger partial charge in [-0.15, -0.1) is 0 Å². The molecule has 1 heterocycles. The summed E-state index contributed by atoms with van der Waals surface area (Å²) in [4.78, 5) is 47.7. The van der Waals surface area contributed by atoms with E-state index in [1.807, 2.05) is 0 Å². The first-order valence-electron chi connectivity index (χ1n) is 7.64. The van der Waals surface area contributed by atoms with Gasteiger partial charge in [-0.2, -0.15) is 0 Å². The third kappa shape index (κ3) is 5.65. The van der Waals surface area contributed by atoms with Crippen LogP contribution in [0.3, 0.4) is 0 Å². The first-order valence-corrected chi connectivity index (χ1v) is 7.64. The predicted molar refractivity (Wildman–Crippen MR) is 83.3 cm³/mol. The smallest absolute Gasteiger partial charge is 0.330 e. The molecule has 1 aliphatic rings. The van der Waals surface area contributed by atoms with E-state index >= 15 is 0 Å². The average Bonchev–Trinajstić information content (AvgIpc) is 2.88. The fourth-order valence-corrected chi connectivity index (χ4v) is 2.42. The van der Waals surface area contributed by atoms with Gasteiger partial charge in [0.25, 0.3) is 0 Å². The number of aliphatic hydroxyl groups excluding tert-OH is 1. The third-order valence-electron chi connectivity index (χ3n) is 3.56. The zero-order valence-corrected chi connectivity index (χ0v) is 13.7. The summed E-state index contributed by atoms with van der Waals surface area (Å²) >= 11 is 0. The number of hydrogen-bond donors (Lipinski definition) is 3. The van der Waals surface area contributed by atoms with Crippen LogP contribution in [0.15, 0.2) is 12.2 Å². The summed E-state index contributed by atoms with van der Waals surface area (Å²) in [5.74, 6) is -2.25. The number of esters is 1. The van der Waals surface area contributed by atoms with Crippen molar-refractivity contribution in [2.45, 2.75) is 44.9 Å². The fraction of sp³-hybridized carbons (Fsp3) is 0.600. The molecule has 0 unspecified atom stereocenters. The Kier molecular flexibility index (Phi) is 7.37. The number of primary amides is 1. The molecule has 0 aliphatic carbocycles. The van der Waals surface area contributed by atoms with E-state index in [1.54, 1.807) is 6.92 Å². The van der Waals surface area contributed by atoms with Crippen molar-refractivity contribution in [2.75, 3.05) is 13.2 Å². The Morgan fingerprint density at radius 1 is 1.42 bits per heavy atom. The standard InChI is InChI=1S/C15H23N3O6/c1-3-24-13(21)6-4-5-11(14(16)22)17-15(23)12-7-10(20)8-18(12)9(2)19/h4,6,10-12,20H,3,5,7-8H2,1-2H3,(H2,16,22)(H,17,23)/b6-4+/t10-,11-,12+/m1/s1. The highest BCUT2D eigenvalue weighted by molar-refractivity contribution is 5.92. The van der Waals surface area contributed by atoms with Crippen LogP contribution >= 0.6 is 0 Å². The van der Waals surface area contributed by atoms with Gasteiger partial charge in [-0.1, -0.05) is 6.08 Å². The fourth-order valence-electron chi connectivity index (χ4n) is 2.42. The second kappa shape index (κ2) is 9.02. The first-order chi connectivity index (χ1) is 11.3. The lowest BCUT2D eigenvalue weighted by Crippen LogP contribution is -2.51. The molecule has 1 rings (SSSR count). The van der Waals surface area contributed by atoms with Crippen LogP contribution in [0, 0.1) is 0 Å². The molecular weight excluding hydrogens is 318 g/mol. The molecule has 0 saturated carbocycles. The van der Waals surface area contributed by atoms with Crippen molar-refractivity contribution in [2.24, 2.45) is 5.73 Å². The van der Waals surface area contributed by atoms with Crippen molar-refractivity contribution in [3.05, 3.63) is 12.2 Å². The number of nitrogens with zero attached hydrogens (tertiary/aromatic N) is 1. The SMILES string of the molecule is CCOC(=O)/C=C/C[C@@H](NC(=O)[C@@H]1C[C@@H](O)CN1C(C)=O)C(N)=O. The normalized spacial score (nSPS) is 21.5. The molecule has 1 fully saturated rings. The maximum Gasteiger partial charge on any atom is 0.330 e. The van der Waals surface area contributed by atoms with Crippen molar-refractivity contribution in [1.82, 2.24) is 10.2 Å². The van der Waals surface area contributed by atoms with Crippen molar-refractivity contribution in [1.29, 1.82) is 0 Å². The topological polar surface area (TPSA) is 139 Å². The van der Waals surface area contributed by atoms with E-state index in [1.165, 1.54) is 17.9 Å². The van der Waals surface area contributed by atoms with Gasteiger partial charge >= 0.3 is 5.97 Å². The number of carbonyl (C=O) groups is 4. The van der Waals surface area contributed by atoms with Gasteiger partial charge in [0.2, 0.25) is 17.7 Å². The molecule has 0 radical (unpaired) electrons. The van der Waals surface area contributed by atoms with Gasteiger partial charge in [-0.05, 0) is 13.3 Å². The Morgan fingerprint density at radius 2 is 2.08 bits per heavy atom. The van der Waals surface area contributed by atoms with Crippen LogP contribution in [0.4, 0.5) is 0 Å². The van der Waals surface area contributed by atoms with Gasteiger partial charge in [-0.3, -0.25) is 14.4 Å². The lowest BCUT2D eigenvalue weighted by atomic mass is 10.1. The zero-order valence-electron chi connectivity index (χ0n) is 13.7. The molecule has 9 nitrogen and oxygen atoms in total. The van der Waals surface area contributed by atoms with Gasteiger partial charge in [0.1, 0.15) is 12.1 Å². The summed E-state index contributed by atoms with van der Waals surface area (Å²) in [5.41, 5.74) is 5.25. The van der Waals surface area contributed by atoms with Gasteiger partial charge in [0, 0.05) is 26.0 Å². The molecule has 24 heavy (non-hydrogen) atoms. The van der Waals surface area contributed by atoms with Crippen LogP contribution in [0.2, 0.25) is 0 Å². The number of β-amino-alcohol motifs (C(OH)–C–C–N with tert-alkyl or cyclic N) is 1. The molecule has 0 aromatic carbocycles. The predicted octanol–water partition coefficient (Wildman–Crippen LogP) is -1.55. The summed E-state index contributed by atoms with van der Waals surface area (Å²) in [6, 6.07) is -1.89. The number of carbonyl (C=O) groups excluding carboxylic acids is 4. The van der Waals surface area contributed by atoms with Gasteiger partial charge in [0.05, 0.1) is 12.7 Å². The highest BCUT2D eigenvalue weighted by atomic mass is 16.5. The third-order valence-corrected chi connectivity index (χ3v) is 3.56. The summed E-state index contributed by atoms with van der Waals surface area (Å²) in [6.07, 6.45) is 1.83. The molecule has 0 bridgehead atoms. The second-order valence-electron chi connectivity index (χ2n) is 5.43. The zero-order chi connectivity index (χ0) is 18.3. The van der Waals surface area contributed by atoms with Crippen LogP contribution in [0.1, 0.15) is 26.7 Å². The minimum Gasteiger partial charge on any atom is -0.463 e. The monoisotopic (exact) mass is 341 g/mol. The number of hydrogen-bond acceptors (Lipinski definition) is 6. The number of nitrogens with one attached hydrogen (secondary N) is 1. The van der Waals surface area contributed by atoms with Crippen LogP contribution < -0.4 is 11.1 Å². The Morgan fingerprint density at radius 3 is 2.62 bits per heavy atom. The van der Waals surface area contributed by atoms with E-state index in [4.69, 9.17) is 10.5 Å². The van der Waals surface area contributed by atoms with E-state index in [0.717, 1.165) is 6.08 Å². The lowest BCUT2D eigenvalue weighted by Gasteiger charge is -2.24. The van der Waals surface area contributed by atoms with Gasteiger partial charge in [-0.25, -0.2) is 4.79 Å². The Labute approximate surface area is 139 Å². The molecule has 4 N–H and O–H groups in total. The summed E-state index contributed by atoms with van der Waals surface area (Å²) < 4.78 is 4.70. The molecule has 9 heteroatoms. The molecule has 0 aromatic rings. The Bertz CT molecular complexity index is 533. The van der Waals surface area contributed by atoms with E-state index < -0.39 is 36.0 Å². The number of rotatable bonds is 7.